The first kappa shape index (κ1) is 14.9. The zero-order valence-electron chi connectivity index (χ0n) is 13.7. The summed E-state index contributed by atoms with van der Waals surface area (Å²) >= 11 is 0. The summed E-state index contributed by atoms with van der Waals surface area (Å²) in [7, 11) is 2.26. The first-order valence-electron chi connectivity index (χ1n) is 8.76. The maximum Gasteiger partial charge on any atom is 0.0393 e. The van der Waals surface area contributed by atoms with Crippen LogP contribution >= 0.6 is 0 Å². The van der Waals surface area contributed by atoms with Gasteiger partial charge in [0.15, 0.2) is 0 Å². The number of hydrogen-bond donors (Lipinski definition) is 1. The third-order valence-corrected chi connectivity index (χ3v) is 5.10. The van der Waals surface area contributed by atoms with Crippen molar-refractivity contribution in [1.29, 1.82) is 0 Å². The lowest BCUT2D eigenvalue weighted by Gasteiger charge is -2.29. The van der Waals surface area contributed by atoms with E-state index in [-0.39, 0.29) is 0 Å². The van der Waals surface area contributed by atoms with Crippen molar-refractivity contribution in [2.75, 3.05) is 18.5 Å². The number of nitrogens with zero attached hydrogens (tertiary/aromatic N) is 1. The second-order valence-corrected chi connectivity index (χ2v) is 7.16. The molecule has 1 aromatic rings. The molecular weight excluding hydrogens is 256 g/mol. The van der Waals surface area contributed by atoms with Gasteiger partial charge in [-0.3, -0.25) is 0 Å². The number of nitrogens with one attached hydrogen (secondary N) is 1. The molecule has 2 aliphatic carbocycles. The predicted molar refractivity (Wildman–Crippen MR) is 90.9 cm³/mol. The summed E-state index contributed by atoms with van der Waals surface area (Å²) in [4.78, 5) is 2.48. The summed E-state index contributed by atoms with van der Waals surface area (Å²) in [5, 5.41) is 3.60. The van der Waals surface area contributed by atoms with Gasteiger partial charge in [0.1, 0.15) is 0 Å². The Morgan fingerprint density at radius 2 is 1.86 bits per heavy atom. The molecule has 116 valence electrons. The number of rotatable bonds is 6. The van der Waals surface area contributed by atoms with Gasteiger partial charge in [-0.15, -0.1) is 0 Å². The van der Waals surface area contributed by atoms with E-state index in [0.717, 1.165) is 18.5 Å². The van der Waals surface area contributed by atoms with Crippen LogP contribution < -0.4 is 10.2 Å². The highest BCUT2D eigenvalue weighted by atomic mass is 15.1. The average molecular weight is 286 g/mol. The molecule has 2 nitrogen and oxygen atoms in total. The molecule has 2 heteroatoms. The molecule has 0 amide bonds. The van der Waals surface area contributed by atoms with Crippen LogP contribution in [-0.4, -0.2) is 19.6 Å². The van der Waals surface area contributed by atoms with Crippen molar-refractivity contribution in [3.05, 3.63) is 29.3 Å². The van der Waals surface area contributed by atoms with E-state index >= 15 is 0 Å². The van der Waals surface area contributed by atoms with E-state index < -0.39 is 0 Å². The van der Waals surface area contributed by atoms with Gasteiger partial charge in [0.25, 0.3) is 0 Å². The molecule has 0 spiro atoms. The standard InChI is InChI=1S/C19H30N2/c1-15-12-17(13-20-18-9-10-18)8-11-19(15)21(2)14-16-6-4-3-5-7-16/h8,11-12,16,18,20H,3-7,9-10,13-14H2,1-2H3. The molecule has 0 aromatic heterocycles. The van der Waals surface area contributed by atoms with Gasteiger partial charge >= 0.3 is 0 Å². The minimum atomic E-state index is 0.791. The molecule has 3 rings (SSSR count). The van der Waals surface area contributed by atoms with Crippen molar-refractivity contribution in [2.24, 2.45) is 5.92 Å². The Morgan fingerprint density at radius 1 is 1.10 bits per heavy atom. The molecule has 0 atom stereocenters. The monoisotopic (exact) mass is 286 g/mol. The summed E-state index contributed by atoms with van der Waals surface area (Å²) in [6.45, 7) is 4.51. The maximum absolute atomic E-state index is 3.60. The van der Waals surface area contributed by atoms with Crippen LogP contribution in [0.4, 0.5) is 5.69 Å². The largest absolute Gasteiger partial charge is 0.374 e. The Bertz CT molecular complexity index is 459. The average Bonchev–Trinajstić information content (AvgIpc) is 3.30. The van der Waals surface area contributed by atoms with Crippen molar-refractivity contribution in [3.63, 3.8) is 0 Å². The van der Waals surface area contributed by atoms with Crippen molar-refractivity contribution < 1.29 is 0 Å². The summed E-state index contributed by atoms with van der Waals surface area (Å²) in [6.07, 6.45) is 9.89. The molecule has 21 heavy (non-hydrogen) atoms. The SMILES string of the molecule is Cc1cc(CNC2CC2)ccc1N(C)CC1CCCCC1. The third kappa shape index (κ3) is 4.23. The van der Waals surface area contributed by atoms with E-state index in [2.05, 4.69) is 42.4 Å². The van der Waals surface area contributed by atoms with Gasteiger partial charge in [-0.1, -0.05) is 31.4 Å². The fourth-order valence-corrected chi connectivity index (χ4v) is 3.66. The normalized spacial score (nSPS) is 19.7. The van der Waals surface area contributed by atoms with Crippen molar-refractivity contribution in [1.82, 2.24) is 5.32 Å². The number of benzene rings is 1. The molecule has 1 aromatic carbocycles. The Hall–Kier alpha value is -1.02. The smallest absolute Gasteiger partial charge is 0.0393 e. The van der Waals surface area contributed by atoms with Crippen LogP contribution in [0.5, 0.6) is 0 Å². The second kappa shape index (κ2) is 6.83. The quantitative estimate of drug-likeness (QED) is 0.840. The predicted octanol–water partition coefficient (Wildman–Crippen LogP) is 4.26. The Morgan fingerprint density at radius 3 is 2.52 bits per heavy atom. The van der Waals surface area contributed by atoms with Crippen molar-refractivity contribution in [2.45, 2.75) is 64.5 Å². The van der Waals surface area contributed by atoms with Crippen molar-refractivity contribution >= 4 is 5.69 Å². The van der Waals surface area contributed by atoms with Gasteiger partial charge in [-0.25, -0.2) is 0 Å². The molecule has 0 bridgehead atoms. The van der Waals surface area contributed by atoms with Gasteiger partial charge in [0.2, 0.25) is 0 Å². The molecule has 2 saturated carbocycles. The number of hydrogen-bond acceptors (Lipinski definition) is 2. The second-order valence-electron chi connectivity index (χ2n) is 7.16. The van der Waals surface area contributed by atoms with Crippen LogP contribution in [0.1, 0.15) is 56.1 Å². The number of anilines is 1. The van der Waals surface area contributed by atoms with E-state index in [1.54, 1.807) is 0 Å². The van der Waals surface area contributed by atoms with E-state index in [9.17, 15) is 0 Å². The zero-order chi connectivity index (χ0) is 14.7. The molecule has 0 heterocycles. The fraction of sp³-hybridized carbons (Fsp3) is 0.684. The summed E-state index contributed by atoms with van der Waals surface area (Å²) < 4.78 is 0. The molecule has 0 radical (unpaired) electrons. The fourth-order valence-electron chi connectivity index (χ4n) is 3.66. The first-order valence-corrected chi connectivity index (χ1v) is 8.76. The van der Waals surface area contributed by atoms with Gasteiger partial charge in [-0.2, -0.15) is 0 Å². The minimum absolute atomic E-state index is 0.791. The van der Waals surface area contributed by atoms with Gasteiger partial charge in [0.05, 0.1) is 0 Å². The van der Waals surface area contributed by atoms with Crippen LogP contribution in [0.3, 0.4) is 0 Å². The first-order chi connectivity index (χ1) is 10.2. The minimum Gasteiger partial charge on any atom is -0.374 e. The molecule has 0 aliphatic heterocycles. The van der Waals surface area contributed by atoms with Gasteiger partial charge in [-0.05, 0) is 55.7 Å². The lowest BCUT2D eigenvalue weighted by Crippen LogP contribution is -2.27. The Balaban J connectivity index is 1.57. The highest BCUT2D eigenvalue weighted by Crippen LogP contribution is 2.27. The van der Waals surface area contributed by atoms with E-state index in [4.69, 9.17) is 0 Å². The van der Waals surface area contributed by atoms with Crippen molar-refractivity contribution in [3.8, 4) is 0 Å². The highest BCUT2D eigenvalue weighted by Gasteiger charge is 2.20. The summed E-state index contributed by atoms with van der Waals surface area (Å²) in [6, 6.07) is 7.78. The van der Waals surface area contributed by atoms with Crippen LogP contribution in [0.2, 0.25) is 0 Å². The maximum atomic E-state index is 3.60. The Kier molecular flexibility index (Phi) is 4.84. The highest BCUT2D eigenvalue weighted by molar-refractivity contribution is 5.54. The zero-order valence-corrected chi connectivity index (χ0v) is 13.7. The molecule has 0 unspecified atom stereocenters. The third-order valence-electron chi connectivity index (χ3n) is 5.10. The van der Waals surface area contributed by atoms with Crippen LogP contribution in [0.25, 0.3) is 0 Å². The summed E-state index contributed by atoms with van der Waals surface area (Å²) in [5.74, 6) is 0.902. The molecule has 1 N–H and O–H groups in total. The van der Waals surface area contributed by atoms with E-state index in [0.29, 0.717) is 0 Å². The Labute approximate surface area is 129 Å². The molecular formula is C19H30N2. The topological polar surface area (TPSA) is 15.3 Å². The molecule has 2 fully saturated rings. The number of aryl methyl sites for hydroxylation is 1. The van der Waals surface area contributed by atoms with Crippen LogP contribution in [-0.2, 0) is 6.54 Å². The van der Waals surface area contributed by atoms with Crippen LogP contribution in [0, 0.1) is 12.8 Å². The van der Waals surface area contributed by atoms with Gasteiger partial charge < -0.3 is 10.2 Å². The molecule has 2 aliphatic rings. The lowest BCUT2D eigenvalue weighted by molar-refractivity contribution is 0.362. The lowest BCUT2D eigenvalue weighted by atomic mass is 9.89. The summed E-state index contributed by atoms with van der Waals surface area (Å²) in [5.41, 5.74) is 4.26. The van der Waals surface area contributed by atoms with Crippen LogP contribution in [0.15, 0.2) is 18.2 Å². The van der Waals surface area contributed by atoms with Gasteiger partial charge in [0, 0.05) is 31.9 Å². The van der Waals surface area contributed by atoms with E-state index in [1.165, 1.54) is 68.3 Å². The van der Waals surface area contributed by atoms with E-state index in [1.807, 2.05) is 0 Å². The molecule has 0 saturated heterocycles.